The van der Waals surface area contributed by atoms with E-state index in [1.165, 1.54) is 0 Å². The summed E-state index contributed by atoms with van der Waals surface area (Å²) in [5.41, 5.74) is 2.32. The van der Waals surface area contributed by atoms with E-state index in [1.54, 1.807) is 25.3 Å². The molecule has 0 N–H and O–H groups in total. The number of hydrogen-bond acceptors (Lipinski definition) is 3. The van der Waals surface area contributed by atoms with Crippen LogP contribution in [0.3, 0.4) is 0 Å². The summed E-state index contributed by atoms with van der Waals surface area (Å²) >= 11 is 3.36. The number of hydrogen-bond donors (Lipinski definition) is 0. The quantitative estimate of drug-likeness (QED) is 0.644. The maximum absolute atomic E-state index is 12.6. The first-order chi connectivity index (χ1) is 10.1. The number of methoxy groups -OCH3 is 1. The third-order valence-electron chi connectivity index (χ3n) is 3.30. The van der Waals surface area contributed by atoms with Gasteiger partial charge >= 0.3 is 0 Å². The molecule has 0 saturated carbocycles. The van der Waals surface area contributed by atoms with E-state index < -0.39 is 0 Å². The number of ether oxygens (including phenoxy) is 1. The zero-order chi connectivity index (χ0) is 15.0. The van der Waals surface area contributed by atoms with Crippen molar-refractivity contribution >= 4 is 32.7 Å². The van der Waals surface area contributed by atoms with Crippen LogP contribution in [0, 0.1) is 6.92 Å². The fourth-order valence-corrected chi connectivity index (χ4v) is 2.60. The van der Waals surface area contributed by atoms with Crippen LogP contribution in [0.15, 0.2) is 51.4 Å². The van der Waals surface area contributed by atoms with Crippen LogP contribution in [-0.2, 0) is 0 Å². The first-order valence-corrected chi connectivity index (χ1v) is 7.26. The number of carbonyl (C=O) groups is 1. The molecular weight excluding hydrogens is 332 g/mol. The van der Waals surface area contributed by atoms with Gasteiger partial charge < -0.3 is 9.15 Å². The molecule has 0 fully saturated rings. The van der Waals surface area contributed by atoms with Gasteiger partial charge in [-0.05, 0) is 43.3 Å². The van der Waals surface area contributed by atoms with Gasteiger partial charge in [0.25, 0.3) is 0 Å². The molecule has 3 aromatic rings. The van der Waals surface area contributed by atoms with E-state index in [-0.39, 0.29) is 5.78 Å². The molecule has 0 spiro atoms. The molecule has 0 atom stereocenters. The van der Waals surface area contributed by atoms with Crippen molar-refractivity contribution in [3.63, 3.8) is 0 Å². The second kappa shape index (κ2) is 5.37. The molecule has 1 heterocycles. The number of ketones is 1. The van der Waals surface area contributed by atoms with Crippen molar-refractivity contribution in [3.05, 3.63) is 63.8 Å². The van der Waals surface area contributed by atoms with Crippen LogP contribution >= 0.6 is 15.9 Å². The lowest BCUT2D eigenvalue weighted by Crippen LogP contribution is -2.02. The Balaban J connectivity index is 2.08. The number of halogens is 1. The highest BCUT2D eigenvalue weighted by atomic mass is 79.9. The van der Waals surface area contributed by atoms with Gasteiger partial charge in [0.05, 0.1) is 12.7 Å². The molecule has 0 aliphatic heterocycles. The maximum atomic E-state index is 12.6. The Morgan fingerprint density at radius 3 is 2.71 bits per heavy atom. The average Bonchev–Trinajstić information content (AvgIpc) is 2.89. The van der Waals surface area contributed by atoms with Crippen LogP contribution in [-0.4, -0.2) is 12.9 Å². The molecule has 0 bridgehead atoms. The van der Waals surface area contributed by atoms with E-state index in [4.69, 9.17) is 9.15 Å². The SMILES string of the molecule is COc1cc(Br)ccc1C(=O)c1cc2cc(C)ccc2o1. The third-order valence-corrected chi connectivity index (χ3v) is 3.80. The molecule has 3 rings (SSSR count). The molecule has 0 amide bonds. The summed E-state index contributed by atoms with van der Waals surface area (Å²) in [4.78, 5) is 12.6. The molecule has 106 valence electrons. The van der Waals surface area contributed by atoms with Crippen molar-refractivity contribution in [1.82, 2.24) is 0 Å². The molecule has 0 unspecified atom stereocenters. The molecule has 0 aliphatic rings. The van der Waals surface area contributed by atoms with Crippen molar-refractivity contribution in [2.24, 2.45) is 0 Å². The van der Waals surface area contributed by atoms with Crippen LogP contribution in [0.2, 0.25) is 0 Å². The van der Waals surface area contributed by atoms with Crippen LogP contribution in [0.25, 0.3) is 11.0 Å². The molecular formula is C17H13BrO3. The Morgan fingerprint density at radius 2 is 1.95 bits per heavy atom. The lowest BCUT2D eigenvalue weighted by Gasteiger charge is -2.06. The third kappa shape index (κ3) is 2.59. The zero-order valence-corrected chi connectivity index (χ0v) is 13.2. The molecule has 0 radical (unpaired) electrons. The smallest absolute Gasteiger partial charge is 0.231 e. The molecule has 1 aromatic heterocycles. The van der Waals surface area contributed by atoms with Crippen LogP contribution in [0.1, 0.15) is 21.7 Å². The first-order valence-electron chi connectivity index (χ1n) is 6.47. The predicted octanol–water partition coefficient (Wildman–Crippen LogP) is 4.74. The molecule has 4 heteroatoms. The maximum Gasteiger partial charge on any atom is 0.231 e. The lowest BCUT2D eigenvalue weighted by atomic mass is 10.1. The van der Waals surface area contributed by atoms with Gasteiger partial charge in [0.2, 0.25) is 5.78 Å². The monoisotopic (exact) mass is 344 g/mol. The number of rotatable bonds is 3. The highest BCUT2D eigenvalue weighted by Crippen LogP contribution is 2.28. The lowest BCUT2D eigenvalue weighted by molar-refractivity contribution is 0.101. The van der Waals surface area contributed by atoms with Gasteiger partial charge in [-0.25, -0.2) is 0 Å². The Kier molecular flexibility index (Phi) is 3.55. The largest absolute Gasteiger partial charge is 0.496 e. The molecule has 0 saturated heterocycles. The van der Waals surface area contributed by atoms with Gasteiger partial charge in [-0.1, -0.05) is 27.6 Å². The van der Waals surface area contributed by atoms with Gasteiger partial charge in [0.1, 0.15) is 11.3 Å². The Bertz CT molecular complexity index is 833. The minimum atomic E-state index is -0.187. The molecule has 3 nitrogen and oxygen atoms in total. The van der Waals surface area contributed by atoms with Crippen molar-refractivity contribution in [2.75, 3.05) is 7.11 Å². The van der Waals surface area contributed by atoms with E-state index in [0.717, 1.165) is 15.4 Å². The number of furan rings is 1. The second-order valence-electron chi connectivity index (χ2n) is 4.83. The fourth-order valence-electron chi connectivity index (χ4n) is 2.26. The first kappa shape index (κ1) is 13.9. The van der Waals surface area contributed by atoms with Crippen LogP contribution in [0.5, 0.6) is 5.75 Å². The summed E-state index contributed by atoms with van der Waals surface area (Å²) in [6, 6.07) is 12.9. The van der Waals surface area contributed by atoms with Gasteiger partial charge in [-0.3, -0.25) is 4.79 Å². The van der Waals surface area contributed by atoms with Crippen LogP contribution in [0.4, 0.5) is 0 Å². The Labute approximate surface area is 130 Å². The topological polar surface area (TPSA) is 39.4 Å². The van der Waals surface area contributed by atoms with E-state index in [0.29, 0.717) is 22.7 Å². The van der Waals surface area contributed by atoms with Crippen molar-refractivity contribution in [1.29, 1.82) is 0 Å². The average molecular weight is 345 g/mol. The minimum Gasteiger partial charge on any atom is -0.496 e. The molecule has 21 heavy (non-hydrogen) atoms. The van der Waals surface area contributed by atoms with Gasteiger partial charge in [0, 0.05) is 9.86 Å². The number of carbonyl (C=O) groups excluding carboxylic acids is 1. The number of fused-ring (bicyclic) bond motifs is 1. The fraction of sp³-hybridized carbons (Fsp3) is 0.118. The Hall–Kier alpha value is -2.07. The second-order valence-corrected chi connectivity index (χ2v) is 5.74. The predicted molar refractivity (Wildman–Crippen MR) is 85.1 cm³/mol. The van der Waals surface area contributed by atoms with E-state index in [2.05, 4.69) is 15.9 Å². The highest BCUT2D eigenvalue weighted by Gasteiger charge is 2.18. The summed E-state index contributed by atoms with van der Waals surface area (Å²) in [5, 5.41) is 0.925. The zero-order valence-electron chi connectivity index (χ0n) is 11.6. The van der Waals surface area contributed by atoms with E-state index >= 15 is 0 Å². The summed E-state index contributed by atoms with van der Waals surface area (Å²) in [5.74, 6) is 0.649. The van der Waals surface area contributed by atoms with E-state index in [1.807, 2.05) is 31.2 Å². The summed E-state index contributed by atoms with van der Waals surface area (Å²) in [6.07, 6.45) is 0. The normalized spacial score (nSPS) is 10.8. The van der Waals surface area contributed by atoms with Crippen molar-refractivity contribution < 1.29 is 13.9 Å². The Morgan fingerprint density at radius 1 is 1.14 bits per heavy atom. The highest BCUT2D eigenvalue weighted by molar-refractivity contribution is 9.10. The summed E-state index contributed by atoms with van der Waals surface area (Å²) in [7, 11) is 1.54. The summed E-state index contributed by atoms with van der Waals surface area (Å²) in [6.45, 7) is 2.01. The standard InChI is InChI=1S/C17H13BrO3/c1-10-3-6-14-11(7-10)8-16(21-14)17(19)13-5-4-12(18)9-15(13)20-2/h3-9H,1-2H3. The number of benzene rings is 2. The van der Waals surface area contributed by atoms with E-state index in [9.17, 15) is 4.79 Å². The van der Waals surface area contributed by atoms with Crippen molar-refractivity contribution in [3.8, 4) is 5.75 Å². The van der Waals surface area contributed by atoms with Gasteiger partial charge in [0.15, 0.2) is 5.76 Å². The van der Waals surface area contributed by atoms with Crippen LogP contribution < -0.4 is 4.74 Å². The number of aryl methyl sites for hydroxylation is 1. The molecule has 0 aliphatic carbocycles. The van der Waals surface area contributed by atoms with Gasteiger partial charge in [-0.15, -0.1) is 0 Å². The van der Waals surface area contributed by atoms with Gasteiger partial charge in [-0.2, -0.15) is 0 Å². The minimum absolute atomic E-state index is 0.187. The summed E-state index contributed by atoms with van der Waals surface area (Å²) < 4.78 is 11.8. The molecule has 2 aromatic carbocycles. The van der Waals surface area contributed by atoms with Crippen molar-refractivity contribution in [2.45, 2.75) is 6.92 Å².